The number of fused-ring (bicyclic) bond motifs is 2. The zero-order valence-corrected chi connectivity index (χ0v) is 20.8. The fraction of sp³-hybridized carbons (Fsp3) is 0.192. The highest BCUT2D eigenvalue weighted by molar-refractivity contribution is 9.10. The van der Waals surface area contributed by atoms with Crippen LogP contribution >= 0.6 is 15.9 Å². The topological polar surface area (TPSA) is 76.4 Å². The quantitative estimate of drug-likeness (QED) is 0.248. The van der Waals surface area contributed by atoms with Gasteiger partial charge in [-0.2, -0.15) is 13.2 Å². The van der Waals surface area contributed by atoms with Gasteiger partial charge >= 0.3 is 6.18 Å². The molecular formula is C26H18BrF3O7. The minimum absolute atomic E-state index is 0.0166. The largest absolute Gasteiger partial charge is 0.497 e. The summed E-state index contributed by atoms with van der Waals surface area (Å²) in [5, 5.41) is -0.0934. The molecule has 37 heavy (non-hydrogen) atoms. The van der Waals surface area contributed by atoms with Crippen LogP contribution in [0.15, 0.2) is 68.3 Å². The van der Waals surface area contributed by atoms with E-state index in [-0.39, 0.29) is 35.9 Å². The van der Waals surface area contributed by atoms with Gasteiger partial charge in [-0.05, 0) is 48.5 Å². The van der Waals surface area contributed by atoms with Gasteiger partial charge in [0.15, 0.2) is 6.79 Å². The van der Waals surface area contributed by atoms with Gasteiger partial charge in [0.2, 0.25) is 11.2 Å². The summed E-state index contributed by atoms with van der Waals surface area (Å²) in [7, 11) is 1.45. The van der Waals surface area contributed by atoms with Crippen LogP contribution in [0, 0.1) is 0 Å². The van der Waals surface area contributed by atoms with Gasteiger partial charge in [0.05, 0.1) is 19.1 Å². The number of hydrogen-bond donors (Lipinski definition) is 0. The summed E-state index contributed by atoms with van der Waals surface area (Å²) < 4.78 is 74.5. The third-order valence-electron chi connectivity index (χ3n) is 5.51. The highest BCUT2D eigenvalue weighted by atomic mass is 79.9. The second-order valence-corrected chi connectivity index (χ2v) is 8.89. The molecule has 4 aromatic rings. The minimum atomic E-state index is -4.99. The second kappa shape index (κ2) is 9.98. The van der Waals surface area contributed by atoms with Gasteiger partial charge in [-0.3, -0.25) is 4.79 Å². The van der Waals surface area contributed by atoms with Crippen molar-refractivity contribution < 1.29 is 41.3 Å². The average molecular weight is 579 g/mol. The van der Waals surface area contributed by atoms with Crippen molar-refractivity contribution >= 4 is 26.9 Å². The Morgan fingerprint density at radius 1 is 1.00 bits per heavy atom. The van der Waals surface area contributed by atoms with Crippen LogP contribution in [0.1, 0.15) is 16.9 Å². The van der Waals surface area contributed by atoms with Crippen molar-refractivity contribution in [2.45, 2.75) is 19.4 Å². The van der Waals surface area contributed by atoms with Crippen molar-refractivity contribution in [1.29, 1.82) is 0 Å². The zero-order valence-electron chi connectivity index (χ0n) is 19.2. The van der Waals surface area contributed by atoms with Crippen molar-refractivity contribution in [2.24, 2.45) is 0 Å². The van der Waals surface area contributed by atoms with Crippen LogP contribution in [-0.4, -0.2) is 13.9 Å². The summed E-state index contributed by atoms with van der Waals surface area (Å²) in [6.07, 6.45) is -4.99. The van der Waals surface area contributed by atoms with E-state index >= 15 is 0 Å². The number of alkyl halides is 3. The van der Waals surface area contributed by atoms with E-state index in [0.29, 0.717) is 23.7 Å². The Balaban J connectivity index is 1.48. The fourth-order valence-electron chi connectivity index (χ4n) is 3.81. The van der Waals surface area contributed by atoms with Crippen LogP contribution in [0.3, 0.4) is 0 Å². The summed E-state index contributed by atoms with van der Waals surface area (Å²) in [6.45, 7) is 0.538. The highest BCUT2D eigenvalue weighted by Gasteiger charge is 2.40. The summed E-state index contributed by atoms with van der Waals surface area (Å²) in [5.41, 5.74) is 0.291. The molecule has 3 aromatic carbocycles. The molecule has 5 rings (SSSR count). The van der Waals surface area contributed by atoms with Gasteiger partial charge in [-0.15, -0.1) is 0 Å². The molecule has 0 saturated heterocycles. The number of ether oxygens (including phenoxy) is 5. The third-order valence-corrected chi connectivity index (χ3v) is 5.96. The van der Waals surface area contributed by atoms with Crippen LogP contribution in [0.4, 0.5) is 13.2 Å². The first kappa shape index (κ1) is 25.0. The molecule has 0 fully saturated rings. The van der Waals surface area contributed by atoms with Crippen molar-refractivity contribution in [2.75, 3.05) is 13.9 Å². The molecule has 192 valence electrons. The van der Waals surface area contributed by atoms with E-state index < -0.39 is 23.1 Å². The molecule has 0 aliphatic carbocycles. The van der Waals surface area contributed by atoms with E-state index in [1.807, 2.05) is 12.1 Å². The molecular weight excluding hydrogens is 561 g/mol. The maximum absolute atomic E-state index is 13.9. The number of benzene rings is 3. The number of methoxy groups -OCH3 is 1. The Morgan fingerprint density at radius 2 is 1.73 bits per heavy atom. The Kier molecular flexibility index (Phi) is 6.74. The average Bonchev–Trinajstić information content (AvgIpc) is 2.88. The molecule has 0 saturated carbocycles. The normalized spacial score (nSPS) is 13.1. The summed E-state index contributed by atoms with van der Waals surface area (Å²) >= 11 is 3.43. The second-order valence-electron chi connectivity index (χ2n) is 7.98. The smallest absolute Gasteiger partial charge is 0.453 e. The van der Waals surface area contributed by atoms with Crippen LogP contribution in [0.25, 0.3) is 11.0 Å². The zero-order chi connectivity index (χ0) is 26.2. The summed E-state index contributed by atoms with van der Waals surface area (Å²) in [5.74, 6) is -1.19. The van der Waals surface area contributed by atoms with Crippen LogP contribution in [0.5, 0.6) is 28.7 Å². The maximum Gasteiger partial charge on any atom is 0.453 e. The Labute approximate surface area is 216 Å². The van der Waals surface area contributed by atoms with Crippen molar-refractivity contribution in [3.8, 4) is 28.7 Å². The predicted octanol–water partition coefficient (Wildman–Crippen LogP) is 6.82. The van der Waals surface area contributed by atoms with Crippen LogP contribution in [-0.2, 0) is 24.1 Å². The van der Waals surface area contributed by atoms with E-state index in [4.69, 9.17) is 28.1 Å². The Morgan fingerprint density at radius 3 is 2.46 bits per heavy atom. The molecule has 7 nitrogen and oxygen atoms in total. The first-order valence-electron chi connectivity index (χ1n) is 10.9. The lowest BCUT2D eigenvalue weighted by molar-refractivity contribution is -0.154. The van der Waals surface area contributed by atoms with Crippen LogP contribution < -0.4 is 24.4 Å². The van der Waals surface area contributed by atoms with Gasteiger partial charge in [-0.1, -0.05) is 15.9 Å². The van der Waals surface area contributed by atoms with Gasteiger partial charge in [0.1, 0.15) is 35.2 Å². The van der Waals surface area contributed by atoms with Gasteiger partial charge < -0.3 is 28.1 Å². The lowest BCUT2D eigenvalue weighted by atomic mass is 10.1. The van der Waals surface area contributed by atoms with Crippen LogP contribution in [0.2, 0.25) is 0 Å². The van der Waals surface area contributed by atoms with Crippen molar-refractivity contribution in [3.05, 3.63) is 86.2 Å². The van der Waals surface area contributed by atoms with E-state index in [9.17, 15) is 18.0 Å². The van der Waals surface area contributed by atoms with E-state index in [2.05, 4.69) is 15.9 Å². The monoisotopic (exact) mass is 578 g/mol. The van der Waals surface area contributed by atoms with E-state index in [0.717, 1.165) is 10.0 Å². The first-order chi connectivity index (χ1) is 17.7. The third kappa shape index (κ3) is 5.23. The lowest BCUT2D eigenvalue weighted by Crippen LogP contribution is -2.15. The highest BCUT2D eigenvalue weighted by Crippen LogP contribution is 2.39. The first-order valence-corrected chi connectivity index (χ1v) is 11.7. The van der Waals surface area contributed by atoms with Gasteiger partial charge in [0.25, 0.3) is 5.76 Å². The standard InChI is InChI=1S/C26H18BrF3O7/c1-32-17-2-4-18(5-3-17)36-24-22(31)20-7-6-19(10-21(20)37-25(24)26(28,29)30)34-12-15-9-16(27)8-14-11-33-13-35-23(14)15/h2-10H,11-13H2,1H3. The molecule has 0 unspecified atom stereocenters. The Hall–Kier alpha value is -3.70. The van der Waals surface area contributed by atoms with Gasteiger partial charge in [-0.25, -0.2) is 0 Å². The number of hydrogen-bond acceptors (Lipinski definition) is 7. The molecule has 0 radical (unpaired) electrons. The maximum atomic E-state index is 13.9. The molecule has 0 bridgehead atoms. The van der Waals surface area contributed by atoms with E-state index in [1.165, 1.54) is 49.6 Å². The van der Waals surface area contributed by atoms with Crippen molar-refractivity contribution in [1.82, 2.24) is 0 Å². The summed E-state index contributed by atoms with van der Waals surface area (Å²) in [6, 6.07) is 13.5. The van der Waals surface area contributed by atoms with E-state index in [1.54, 1.807) is 0 Å². The van der Waals surface area contributed by atoms with Gasteiger partial charge in [0, 0.05) is 21.7 Å². The molecule has 1 aromatic heterocycles. The summed E-state index contributed by atoms with van der Waals surface area (Å²) in [4.78, 5) is 13.0. The molecule has 1 aliphatic rings. The molecule has 2 heterocycles. The van der Waals surface area contributed by atoms with Crippen molar-refractivity contribution in [3.63, 3.8) is 0 Å². The molecule has 0 N–H and O–H groups in total. The molecule has 0 atom stereocenters. The minimum Gasteiger partial charge on any atom is -0.497 e. The number of rotatable bonds is 6. The molecule has 11 heteroatoms. The lowest BCUT2D eigenvalue weighted by Gasteiger charge is -2.21. The molecule has 0 spiro atoms. The number of halogens is 4. The predicted molar refractivity (Wildman–Crippen MR) is 129 cm³/mol. The fourth-order valence-corrected chi connectivity index (χ4v) is 4.36. The molecule has 1 aliphatic heterocycles. The molecule has 0 amide bonds. The Bertz CT molecular complexity index is 1510. The SMILES string of the molecule is COc1ccc(Oc2c(C(F)(F)F)oc3cc(OCc4cc(Br)cc5c4OCOC5)ccc3c2=O)cc1.